The zero-order valence-corrected chi connectivity index (χ0v) is 13.6. The van der Waals surface area contributed by atoms with Crippen LogP contribution in [0.4, 0.5) is 0 Å². The van der Waals surface area contributed by atoms with E-state index in [0.29, 0.717) is 17.3 Å². The molecular formula is C13H22N2O3S2. The first-order valence-electron chi connectivity index (χ1n) is 6.88. The summed E-state index contributed by atoms with van der Waals surface area (Å²) < 4.78 is 33.1. The van der Waals surface area contributed by atoms with Crippen LogP contribution in [0.25, 0.3) is 0 Å². The SMILES string of the molecule is CNCc1sc(S(=O)(=O)NCC2CCCCO2)cc1C. The Balaban J connectivity index is 2.00. The van der Waals surface area contributed by atoms with Crippen molar-refractivity contribution in [1.82, 2.24) is 10.0 Å². The Hall–Kier alpha value is -0.470. The third-order valence-electron chi connectivity index (χ3n) is 3.38. The maximum Gasteiger partial charge on any atom is 0.250 e. The zero-order chi connectivity index (χ0) is 14.6. The zero-order valence-electron chi connectivity index (χ0n) is 11.9. The molecule has 2 rings (SSSR count). The lowest BCUT2D eigenvalue weighted by atomic mass is 10.1. The summed E-state index contributed by atoms with van der Waals surface area (Å²) in [6.07, 6.45) is 3.12. The molecule has 2 N–H and O–H groups in total. The average molecular weight is 318 g/mol. The summed E-state index contributed by atoms with van der Waals surface area (Å²) in [5, 5.41) is 3.05. The Morgan fingerprint density at radius 1 is 1.45 bits per heavy atom. The van der Waals surface area contributed by atoms with E-state index in [4.69, 9.17) is 4.74 Å². The van der Waals surface area contributed by atoms with E-state index in [0.717, 1.165) is 36.3 Å². The van der Waals surface area contributed by atoms with E-state index in [1.165, 1.54) is 11.3 Å². The number of hydrogen-bond donors (Lipinski definition) is 2. The fourth-order valence-electron chi connectivity index (χ4n) is 2.20. The number of ether oxygens (including phenoxy) is 1. The van der Waals surface area contributed by atoms with Crippen molar-refractivity contribution in [3.05, 3.63) is 16.5 Å². The number of hydrogen-bond acceptors (Lipinski definition) is 5. The van der Waals surface area contributed by atoms with Crippen LogP contribution in [0.5, 0.6) is 0 Å². The number of rotatable bonds is 6. The smallest absolute Gasteiger partial charge is 0.250 e. The molecule has 2 heterocycles. The highest BCUT2D eigenvalue weighted by Gasteiger charge is 2.21. The molecule has 0 aliphatic carbocycles. The maximum absolute atomic E-state index is 12.3. The first kappa shape index (κ1) is 15.9. The summed E-state index contributed by atoms with van der Waals surface area (Å²) in [4.78, 5) is 1.06. The lowest BCUT2D eigenvalue weighted by molar-refractivity contribution is 0.0200. The Morgan fingerprint density at radius 2 is 2.25 bits per heavy atom. The van der Waals surface area contributed by atoms with Crippen LogP contribution in [0.3, 0.4) is 0 Å². The highest BCUT2D eigenvalue weighted by Crippen LogP contribution is 2.26. The van der Waals surface area contributed by atoms with Gasteiger partial charge in [-0.05, 0) is 44.9 Å². The average Bonchev–Trinajstić information content (AvgIpc) is 2.81. The highest BCUT2D eigenvalue weighted by molar-refractivity contribution is 7.91. The molecule has 1 unspecified atom stereocenters. The standard InChI is InChI=1S/C13H22N2O3S2/c1-10-7-13(19-12(10)9-14-2)20(16,17)15-8-11-5-3-4-6-18-11/h7,11,14-15H,3-6,8-9H2,1-2H3. The number of aryl methyl sites for hydroxylation is 1. The Kier molecular flexibility index (Phi) is 5.57. The summed E-state index contributed by atoms with van der Waals surface area (Å²) in [5.41, 5.74) is 1.01. The maximum atomic E-state index is 12.3. The van der Waals surface area contributed by atoms with Crippen molar-refractivity contribution >= 4 is 21.4 Å². The summed E-state index contributed by atoms with van der Waals surface area (Å²) in [6.45, 7) is 3.72. The van der Waals surface area contributed by atoms with Crippen molar-refractivity contribution in [2.24, 2.45) is 0 Å². The molecule has 0 bridgehead atoms. The molecule has 1 aliphatic heterocycles. The van der Waals surface area contributed by atoms with Gasteiger partial charge in [-0.2, -0.15) is 0 Å². The quantitative estimate of drug-likeness (QED) is 0.836. The van der Waals surface area contributed by atoms with Crippen LogP contribution in [0.2, 0.25) is 0 Å². The fraction of sp³-hybridized carbons (Fsp3) is 0.692. The molecule has 0 amide bonds. The largest absolute Gasteiger partial charge is 0.377 e. The van der Waals surface area contributed by atoms with E-state index in [1.54, 1.807) is 6.07 Å². The molecule has 20 heavy (non-hydrogen) atoms. The molecule has 7 heteroatoms. The van der Waals surface area contributed by atoms with E-state index >= 15 is 0 Å². The number of sulfonamides is 1. The van der Waals surface area contributed by atoms with Gasteiger partial charge in [0.1, 0.15) is 4.21 Å². The minimum absolute atomic E-state index is 0.0105. The van der Waals surface area contributed by atoms with Crippen molar-refractivity contribution in [2.75, 3.05) is 20.2 Å². The summed E-state index contributed by atoms with van der Waals surface area (Å²) in [5.74, 6) is 0. The molecule has 0 saturated carbocycles. The van der Waals surface area contributed by atoms with Crippen LogP contribution in [0, 0.1) is 6.92 Å². The Bertz CT molecular complexity index is 534. The molecule has 0 aromatic carbocycles. The van der Waals surface area contributed by atoms with Gasteiger partial charge in [0.2, 0.25) is 10.0 Å². The van der Waals surface area contributed by atoms with Gasteiger partial charge in [-0.1, -0.05) is 0 Å². The predicted molar refractivity (Wildman–Crippen MR) is 80.6 cm³/mol. The van der Waals surface area contributed by atoms with Gasteiger partial charge in [0, 0.05) is 24.6 Å². The van der Waals surface area contributed by atoms with Gasteiger partial charge in [-0.15, -0.1) is 11.3 Å². The van der Waals surface area contributed by atoms with Crippen molar-refractivity contribution in [1.29, 1.82) is 0 Å². The van der Waals surface area contributed by atoms with Crippen molar-refractivity contribution in [3.63, 3.8) is 0 Å². The van der Waals surface area contributed by atoms with Gasteiger partial charge < -0.3 is 10.1 Å². The van der Waals surface area contributed by atoms with Gasteiger partial charge in [0.05, 0.1) is 6.10 Å². The Labute approximate surface area is 124 Å². The molecular weight excluding hydrogens is 296 g/mol. The first-order valence-corrected chi connectivity index (χ1v) is 9.18. The van der Waals surface area contributed by atoms with Gasteiger partial charge in [-0.3, -0.25) is 0 Å². The van der Waals surface area contributed by atoms with Crippen LogP contribution >= 0.6 is 11.3 Å². The van der Waals surface area contributed by atoms with Crippen LogP contribution in [0.1, 0.15) is 29.7 Å². The minimum Gasteiger partial charge on any atom is -0.377 e. The lowest BCUT2D eigenvalue weighted by Gasteiger charge is -2.22. The van der Waals surface area contributed by atoms with Crippen molar-refractivity contribution in [3.8, 4) is 0 Å². The summed E-state index contributed by atoms with van der Waals surface area (Å²) >= 11 is 1.32. The number of nitrogens with one attached hydrogen (secondary N) is 2. The van der Waals surface area contributed by atoms with Gasteiger partial charge in [0.25, 0.3) is 0 Å². The summed E-state index contributed by atoms with van der Waals surface area (Å²) in [7, 11) is -1.57. The van der Waals surface area contributed by atoms with Gasteiger partial charge in [0.15, 0.2) is 0 Å². The van der Waals surface area contributed by atoms with E-state index in [2.05, 4.69) is 10.0 Å². The fourth-order valence-corrected chi connectivity index (χ4v) is 4.91. The highest BCUT2D eigenvalue weighted by atomic mass is 32.2. The minimum atomic E-state index is -3.42. The molecule has 0 radical (unpaired) electrons. The molecule has 0 spiro atoms. The van der Waals surface area contributed by atoms with E-state index in [-0.39, 0.29) is 6.10 Å². The third-order valence-corrected chi connectivity index (χ3v) is 6.51. The molecule has 1 saturated heterocycles. The molecule has 1 aliphatic rings. The van der Waals surface area contributed by atoms with E-state index in [1.807, 2.05) is 14.0 Å². The molecule has 5 nitrogen and oxygen atoms in total. The summed E-state index contributed by atoms with van der Waals surface area (Å²) in [6, 6.07) is 1.74. The molecule has 1 atom stereocenters. The molecule has 1 fully saturated rings. The van der Waals surface area contributed by atoms with Crippen molar-refractivity contribution < 1.29 is 13.2 Å². The van der Waals surface area contributed by atoms with Gasteiger partial charge in [-0.25, -0.2) is 13.1 Å². The molecule has 114 valence electrons. The van der Waals surface area contributed by atoms with E-state index < -0.39 is 10.0 Å². The van der Waals surface area contributed by atoms with Crippen LogP contribution in [-0.4, -0.2) is 34.7 Å². The lowest BCUT2D eigenvalue weighted by Crippen LogP contribution is -2.35. The third kappa shape index (κ3) is 4.02. The van der Waals surface area contributed by atoms with Crippen LogP contribution in [-0.2, 0) is 21.3 Å². The van der Waals surface area contributed by atoms with Crippen molar-refractivity contribution in [2.45, 2.75) is 43.0 Å². The topological polar surface area (TPSA) is 67.4 Å². The predicted octanol–water partition coefficient (Wildman–Crippen LogP) is 1.62. The second kappa shape index (κ2) is 7.00. The second-order valence-electron chi connectivity index (χ2n) is 5.04. The Morgan fingerprint density at radius 3 is 2.90 bits per heavy atom. The van der Waals surface area contributed by atoms with Crippen LogP contribution in [0.15, 0.2) is 10.3 Å². The molecule has 1 aromatic heterocycles. The second-order valence-corrected chi connectivity index (χ2v) is 8.17. The first-order chi connectivity index (χ1) is 9.53. The number of thiophene rings is 1. The molecule has 1 aromatic rings. The van der Waals surface area contributed by atoms with E-state index in [9.17, 15) is 8.42 Å². The van der Waals surface area contributed by atoms with Gasteiger partial charge >= 0.3 is 0 Å². The monoisotopic (exact) mass is 318 g/mol. The normalized spacial score (nSPS) is 20.2. The van der Waals surface area contributed by atoms with Crippen LogP contribution < -0.4 is 10.0 Å².